The summed E-state index contributed by atoms with van der Waals surface area (Å²) < 4.78 is 26.6. The third kappa shape index (κ3) is 5.33. The van der Waals surface area contributed by atoms with Gasteiger partial charge in [-0.05, 0) is 30.7 Å². The zero-order chi connectivity index (χ0) is 17.6. The van der Waals surface area contributed by atoms with Gasteiger partial charge in [0.15, 0.2) is 0 Å². The Bertz CT molecular complexity index is 805. The average molecular weight is 367 g/mol. The molecule has 0 bridgehead atoms. The minimum Gasteiger partial charge on any atom is -0.352 e. The summed E-state index contributed by atoms with van der Waals surface area (Å²) in [6, 6.07) is 13.7. The normalized spacial score (nSPS) is 11.2. The number of halogens is 1. The average Bonchev–Trinajstić information content (AvgIpc) is 2.54. The molecule has 128 valence electrons. The first-order valence-corrected chi connectivity index (χ1v) is 9.31. The van der Waals surface area contributed by atoms with Crippen molar-refractivity contribution in [2.24, 2.45) is 0 Å². The number of carbonyl (C=O) groups excluding carboxylic acids is 1. The molecular formula is C17H19ClN2O3S. The molecule has 0 heterocycles. The summed E-state index contributed by atoms with van der Waals surface area (Å²) >= 11 is 6.01. The molecular weight excluding hydrogens is 348 g/mol. The van der Waals surface area contributed by atoms with Crippen molar-refractivity contribution in [2.75, 3.05) is 6.54 Å². The standard InChI is InChI=1S/C17H19ClN2O3S/c1-13-6-8-15(9-7-13)24(22,23)20-11-10-17(21)19-12-14-4-2-3-5-16(14)18/h2-9,20H,10-12H2,1H3,(H,19,21). The maximum atomic E-state index is 12.1. The van der Waals surface area contributed by atoms with E-state index in [0.29, 0.717) is 11.6 Å². The zero-order valence-corrected chi connectivity index (χ0v) is 14.8. The van der Waals surface area contributed by atoms with Gasteiger partial charge >= 0.3 is 0 Å². The van der Waals surface area contributed by atoms with E-state index in [2.05, 4.69) is 10.0 Å². The molecule has 0 spiro atoms. The van der Waals surface area contributed by atoms with E-state index in [-0.39, 0.29) is 23.8 Å². The molecule has 7 heteroatoms. The molecule has 0 aliphatic carbocycles. The molecule has 0 atom stereocenters. The summed E-state index contributed by atoms with van der Waals surface area (Å²) in [5.41, 5.74) is 1.79. The van der Waals surface area contributed by atoms with Gasteiger partial charge in [-0.2, -0.15) is 0 Å². The molecule has 24 heavy (non-hydrogen) atoms. The minimum atomic E-state index is -3.60. The molecule has 2 aromatic carbocycles. The van der Waals surface area contributed by atoms with Gasteiger partial charge in [0.05, 0.1) is 4.90 Å². The summed E-state index contributed by atoms with van der Waals surface area (Å²) in [4.78, 5) is 12.0. The number of amides is 1. The molecule has 0 aliphatic heterocycles. The van der Waals surface area contributed by atoms with Crippen molar-refractivity contribution in [3.8, 4) is 0 Å². The second-order valence-electron chi connectivity index (χ2n) is 5.33. The molecule has 2 aromatic rings. The Kier molecular flexibility index (Phi) is 6.36. The van der Waals surface area contributed by atoms with E-state index in [0.717, 1.165) is 11.1 Å². The highest BCUT2D eigenvalue weighted by molar-refractivity contribution is 7.89. The van der Waals surface area contributed by atoms with Gasteiger partial charge in [-0.1, -0.05) is 47.5 Å². The molecule has 5 nitrogen and oxygen atoms in total. The van der Waals surface area contributed by atoms with Crippen LogP contribution in [0, 0.1) is 6.92 Å². The van der Waals surface area contributed by atoms with Gasteiger partial charge in [0.1, 0.15) is 0 Å². The third-order valence-corrected chi connectivity index (χ3v) is 5.25. The molecule has 2 rings (SSSR count). The van der Waals surface area contributed by atoms with Crippen LogP contribution in [0.2, 0.25) is 5.02 Å². The van der Waals surface area contributed by atoms with Crippen LogP contribution in [0.25, 0.3) is 0 Å². The topological polar surface area (TPSA) is 75.3 Å². The smallest absolute Gasteiger partial charge is 0.240 e. The van der Waals surface area contributed by atoms with E-state index in [4.69, 9.17) is 11.6 Å². The third-order valence-electron chi connectivity index (χ3n) is 3.41. The van der Waals surface area contributed by atoms with Crippen molar-refractivity contribution in [3.05, 3.63) is 64.7 Å². The zero-order valence-electron chi connectivity index (χ0n) is 13.3. The molecule has 0 aliphatic rings. The summed E-state index contributed by atoms with van der Waals surface area (Å²) in [7, 11) is -3.60. The van der Waals surface area contributed by atoms with E-state index >= 15 is 0 Å². The molecule has 0 aromatic heterocycles. The lowest BCUT2D eigenvalue weighted by atomic mass is 10.2. The Morgan fingerprint density at radius 1 is 1.08 bits per heavy atom. The highest BCUT2D eigenvalue weighted by Crippen LogP contribution is 2.14. The summed E-state index contributed by atoms with van der Waals surface area (Å²) in [6.45, 7) is 2.22. The van der Waals surface area contributed by atoms with Crippen LogP contribution >= 0.6 is 11.6 Å². The fourth-order valence-corrected chi connectivity index (χ4v) is 3.26. The van der Waals surface area contributed by atoms with Gasteiger partial charge in [-0.25, -0.2) is 13.1 Å². The Labute approximate surface area is 147 Å². The highest BCUT2D eigenvalue weighted by Gasteiger charge is 2.13. The van der Waals surface area contributed by atoms with Gasteiger partial charge in [-0.3, -0.25) is 4.79 Å². The SMILES string of the molecule is Cc1ccc(S(=O)(=O)NCCC(=O)NCc2ccccc2Cl)cc1. The van der Waals surface area contributed by atoms with Crippen molar-refractivity contribution in [1.29, 1.82) is 0 Å². The van der Waals surface area contributed by atoms with Gasteiger partial charge in [-0.15, -0.1) is 0 Å². The van der Waals surface area contributed by atoms with Crippen LogP contribution in [-0.4, -0.2) is 20.9 Å². The second-order valence-corrected chi connectivity index (χ2v) is 7.50. The number of hydrogen-bond donors (Lipinski definition) is 2. The van der Waals surface area contributed by atoms with Crippen LogP contribution in [0.1, 0.15) is 17.5 Å². The van der Waals surface area contributed by atoms with E-state index in [1.54, 1.807) is 18.2 Å². The summed E-state index contributed by atoms with van der Waals surface area (Å²) in [6.07, 6.45) is 0.0511. The predicted octanol–water partition coefficient (Wildman–Crippen LogP) is 2.63. The largest absolute Gasteiger partial charge is 0.352 e. The van der Waals surface area contributed by atoms with E-state index in [1.807, 2.05) is 25.1 Å². The lowest BCUT2D eigenvalue weighted by Gasteiger charge is -2.08. The van der Waals surface area contributed by atoms with Crippen molar-refractivity contribution >= 4 is 27.5 Å². The maximum absolute atomic E-state index is 12.1. The molecule has 0 fully saturated rings. The van der Waals surface area contributed by atoms with Crippen LogP contribution in [0.15, 0.2) is 53.4 Å². The number of hydrogen-bond acceptors (Lipinski definition) is 3. The first-order chi connectivity index (χ1) is 11.4. The van der Waals surface area contributed by atoms with Gasteiger partial charge in [0, 0.05) is 24.5 Å². The monoisotopic (exact) mass is 366 g/mol. The number of nitrogens with one attached hydrogen (secondary N) is 2. The number of carbonyl (C=O) groups is 1. The van der Waals surface area contributed by atoms with E-state index in [9.17, 15) is 13.2 Å². The number of rotatable bonds is 7. The second kappa shape index (κ2) is 8.28. The van der Waals surface area contributed by atoms with Crippen LogP contribution < -0.4 is 10.0 Å². The van der Waals surface area contributed by atoms with E-state index < -0.39 is 10.0 Å². The van der Waals surface area contributed by atoms with Gasteiger partial charge < -0.3 is 5.32 Å². The number of aryl methyl sites for hydroxylation is 1. The Morgan fingerprint density at radius 2 is 1.75 bits per heavy atom. The van der Waals surface area contributed by atoms with Crippen LogP contribution in [-0.2, 0) is 21.4 Å². The van der Waals surface area contributed by atoms with Crippen LogP contribution in [0.5, 0.6) is 0 Å². The maximum Gasteiger partial charge on any atom is 0.240 e. The fourth-order valence-electron chi connectivity index (χ4n) is 2.02. The predicted molar refractivity (Wildman–Crippen MR) is 94.3 cm³/mol. The molecule has 0 radical (unpaired) electrons. The van der Waals surface area contributed by atoms with Crippen molar-refractivity contribution in [1.82, 2.24) is 10.0 Å². The summed E-state index contributed by atoms with van der Waals surface area (Å²) in [5.74, 6) is -0.249. The van der Waals surface area contributed by atoms with Gasteiger partial charge in [0.2, 0.25) is 15.9 Å². The lowest BCUT2D eigenvalue weighted by Crippen LogP contribution is -2.30. The fraction of sp³-hybridized carbons (Fsp3) is 0.235. The van der Waals surface area contributed by atoms with Crippen molar-refractivity contribution in [3.63, 3.8) is 0 Å². The molecule has 1 amide bonds. The highest BCUT2D eigenvalue weighted by atomic mass is 35.5. The van der Waals surface area contributed by atoms with Crippen molar-refractivity contribution < 1.29 is 13.2 Å². The first-order valence-electron chi connectivity index (χ1n) is 7.45. The first kappa shape index (κ1) is 18.4. The molecule has 0 unspecified atom stereocenters. The van der Waals surface area contributed by atoms with Crippen molar-refractivity contribution in [2.45, 2.75) is 24.8 Å². The molecule has 0 saturated heterocycles. The number of benzene rings is 2. The summed E-state index contributed by atoms with van der Waals surface area (Å²) in [5, 5.41) is 3.30. The van der Waals surface area contributed by atoms with Gasteiger partial charge in [0.25, 0.3) is 0 Å². The Balaban J connectivity index is 1.80. The quantitative estimate of drug-likeness (QED) is 0.791. The Hall–Kier alpha value is -1.89. The minimum absolute atomic E-state index is 0.0323. The van der Waals surface area contributed by atoms with Crippen LogP contribution in [0.3, 0.4) is 0 Å². The van der Waals surface area contributed by atoms with E-state index in [1.165, 1.54) is 12.1 Å². The molecule has 0 saturated carbocycles. The Morgan fingerprint density at radius 3 is 2.42 bits per heavy atom. The lowest BCUT2D eigenvalue weighted by molar-refractivity contribution is -0.121. The molecule has 2 N–H and O–H groups in total. The number of sulfonamides is 1. The van der Waals surface area contributed by atoms with Crippen LogP contribution in [0.4, 0.5) is 0 Å².